The second kappa shape index (κ2) is 7.47. The van der Waals surface area contributed by atoms with E-state index in [0.29, 0.717) is 16.9 Å². The number of aromatic hydroxyl groups is 1. The highest BCUT2D eigenvalue weighted by molar-refractivity contribution is 6.01. The molecule has 0 fully saturated rings. The first kappa shape index (κ1) is 16.6. The molecule has 0 unspecified atom stereocenters. The number of aliphatic hydroxyl groups is 1. The largest absolute Gasteiger partial charge is 0.508 e. The Hall–Kier alpha value is -2.79. The fourth-order valence-electron chi connectivity index (χ4n) is 2.10. The van der Waals surface area contributed by atoms with E-state index in [2.05, 4.69) is 5.32 Å². The summed E-state index contributed by atoms with van der Waals surface area (Å²) in [6.45, 7) is 1.80. The topological polar surface area (TPSA) is 95.6 Å². The molecule has 0 aromatic heterocycles. The van der Waals surface area contributed by atoms with E-state index in [1.807, 2.05) is 0 Å². The van der Waals surface area contributed by atoms with Gasteiger partial charge in [0.2, 0.25) is 5.91 Å². The predicted octanol–water partition coefficient (Wildman–Crippen LogP) is 2.84. The van der Waals surface area contributed by atoms with Crippen LogP contribution in [0.5, 0.6) is 5.75 Å². The minimum atomic E-state index is -0.763. The summed E-state index contributed by atoms with van der Waals surface area (Å²) in [5.41, 5.74) is 7.48. The van der Waals surface area contributed by atoms with Gasteiger partial charge in [-0.3, -0.25) is 4.79 Å². The number of para-hydroxylation sites is 2. The Morgan fingerprint density at radius 1 is 1.17 bits per heavy atom. The molecule has 120 valence electrons. The molecular weight excluding hydrogens is 292 g/mol. The first-order chi connectivity index (χ1) is 11.0. The maximum atomic E-state index is 11.9. The lowest BCUT2D eigenvalue weighted by molar-refractivity contribution is -0.111. The van der Waals surface area contributed by atoms with Crippen LogP contribution in [0.2, 0.25) is 0 Å². The van der Waals surface area contributed by atoms with Gasteiger partial charge in [0.25, 0.3) is 0 Å². The lowest BCUT2D eigenvalue weighted by Crippen LogP contribution is -2.11. The normalized spacial score (nSPS) is 13.7. The van der Waals surface area contributed by atoms with Crippen LogP contribution >= 0.6 is 0 Å². The predicted molar refractivity (Wildman–Crippen MR) is 90.9 cm³/mol. The highest BCUT2D eigenvalue weighted by Gasteiger charge is 2.14. The Kier molecular flexibility index (Phi) is 5.38. The molecule has 5 N–H and O–H groups in total. The Morgan fingerprint density at radius 3 is 2.48 bits per heavy atom. The van der Waals surface area contributed by atoms with E-state index in [1.54, 1.807) is 49.4 Å². The van der Waals surface area contributed by atoms with Gasteiger partial charge in [-0.05, 0) is 35.9 Å². The number of rotatable bonds is 5. The smallest absolute Gasteiger partial charge is 0.248 e. The van der Waals surface area contributed by atoms with Crippen molar-refractivity contribution in [1.82, 2.24) is 0 Å². The molecule has 0 aliphatic heterocycles. The van der Waals surface area contributed by atoms with Crippen molar-refractivity contribution in [2.75, 3.05) is 11.1 Å². The summed E-state index contributed by atoms with van der Waals surface area (Å²) in [6.07, 6.45) is 2.24. The molecule has 0 aliphatic rings. The first-order valence-electron chi connectivity index (χ1n) is 7.28. The number of aliphatic hydroxyl groups excluding tert-OH is 1. The lowest BCUT2D eigenvalue weighted by atomic mass is 9.97. The fraction of sp³-hybridized carbons (Fsp3) is 0.167. The number of nitrogens with one attached hydrogen (secondary N) is 1. The molecule has 0 saturated carbocycles. The third kappa shape index (κ3) is 4.59. The standard InChI is InChI=1S/C18H20N2O3/c1-12(18(23)13-7-9-14(21)10-8-13)6-11-17(22)20-16-5-3-2-4-15(16)19/h2-12,18,21,23H,19H2,1H3,(H,20,22)/b11-6+/t12-,18+/m1/s1. The average molecular weight is 312 g/mol. The molecule has 2 aromatic rings. The summed E-state index contributed by atoms with van der Waals surface area (Å²) in [7, 11) is 0. The van der Waals surface area contributed by atoms with E-state index < -0.39 is 6.10 Å². The zero-order valence-corrected chi connectivity index (χ0v) is 12.8. The number of amides is 1. The quantitative estimate of drug-likeness (QED) is 0.504. The molecule has 2 aromatic carbocycles. The zero-order valence-electron chi connectivity index (χ0n) is 12.8. The molecule has 2 atom stereocenters. The number of nitrogens with two attached hydrogens (primary N) is 1. The van der Waals surface area contributed by atoms with E-state index in [0.717, 1.165) is 0 Å². The number of carbonyl (C=O) groups excluding carboxylic acids is 1. The van der Waals surface area contributed by atoms with Crippen LogP contribution in [-0.2, 0) is 4.79 Å². The molecule has 1 amide bonds. The van der Waals surface area contributed by atoms with Crippen molar-refractivity contribution in [1.29, 1.82) is 0 Å². The average Bonchev–Trinajstić information content (AvgIpc) is 2.55. The van der Waals surface area contributed by atoms with E-state index in [1.165, 1.54) is 18.2 Å². The van der Waals surface area contributed by atoms with Crippen molar-refractivity contribution < 1.29 is 15.0 Å². The van der Waals surface area contributed by atoms with Gasteiger partial charge in [0.15, 0.2) is 0 Å². The number of benzene rings is 2. The molecule has 0 saturated heterocycles. The highest BCUT2D eigenvalue weighted by atomic mass is 16.3. The van der Waals surface area contributed by atoms with Crippen LogP contribution in [0.25, 0.3) is 0 Å². The van der Waals surface area contributed by atoms with E-state index in [9.17, 15) is 15.0 Å². The number of nitrogen functional groups attached to an aromatic ring is 1. The summed E-state index contributed by atoms with van der Waals surface area (Å²) in [5, 5.41) is 22.2. The van der Waals surface area contributed by atoms with Crippen LogP contribution in [0, 0.1) is 5.92 Å². The van der Waals surface area contributed by atoms with Crippen molar-refractivity contribution in [3.05, 3.63) is 66.2 Å². The second-order valence-corrected chi connectivity index (χ2v) is 5.33. The van der Waals surface area contributed by atoms with Gasteiger partial charge >= 0.3 is 0 Å². The molecule has 2 rings (SSSR count). The van der Waals surface area contributed by atoms with Crippen LogP contribution < -0.4 is 11.1 Å². The highest BCUT2D eigenvalue weighted by Crippen LogP contribution is 2.24. The van der Waals surface area contributed by atoms with Gasteiger partial charge in [-0.15, -0.1) is 0 Å². The zero-order chi connectivity index (χ0) is 16.8. The fourth-order valence-corrected chi connectivity index (χ4v) is 2.10. The Labute approximate surface area is 135 Å². The van der Waals surface area contributed by atoms with Gasteiger partial charge in [0.1, 0.15) is 5.75 Å². The number of anilines is 2. The Morgan fingerprint density at radius 2 is 1.83 bits per heavy atom. The van der Waals surface area contributed by atoms with Crippen LogP contribution in [0.1, 0.15) is 18.6 Å². The number of hydrogen-bond donors (Lipinski definition) is 4. The number of phenolic OH excluding ortho intramolecular Hbond substituents is 1. The minimum absolute atomic E-state index is 0.143. The third-order valence-corrected chi connectivity index (χ3v) is 3.50. The van der Waals surface area contributed by atoms with Gasteiger partial charge in [-0.25, -0.2) is 0 Å². The molecule has 5 heteroatoms. The van der Waals surface area contributed by atoms with Crippen LogP contribution in [0.3, 0.4) is 0 Å². The van der Waals surface area contributed by atoms with Gasteiger partial charge < -0.3 is 21.3 Å². The second-order valence-electron chi connectivity index (χ2n) is 5.33. The number of phenols is 1. The summed E-state index contributed by atoms with van der Waals surface area (Å²) < 4.78 is 0. The van der Waals surface area contributed by atoms with Crippen molar-refractivity contribution in [2.45, 2.75) is 13.0 Å². The summed E-state index contributed by atoms with van der Waals surface area (Å²) in [5.74, 6) is -0.435. The van der Waals surface area contributed by atoms with Gasteiger partial charge in [0.05, 0.1) is 17.5 Å². The minimum Gasteiger partial charge on any atom is -0.508 e. The number of carbonyl (C=O) groups is 1. The van der Waals surface area contributed by atoms with Gasteiger partial charge in [0, 0.05) is 5.92 Å². The summed E-state index contributed by atoms with van der Waals surface area (Å²) >= 11 is 0. The Balaban J connectivity index is 1.97. The molecule has 0 heterocycles. The molecule has 0 aliphatic carbocycles. The molecule has 5 nitrogen and oxygen atoms in total. The third-order valence-electron chi connectivity index (χ3n) is 3.50. The SMILES string of the molecule is C[C@H](/C=C/C(=O)Nc1ccccc1N)[C@H](O)c1ccc(O)cc1. The molecule has 0 spiro atoms. The molecule has 23 heavy (non-hydrogen) atoms. The monoisotopic (exact) mass is 312 g/mol. The van der Waals surface area contributed by atoms with E-state index in [-0.39, 0.29) is 17.6 Å². The van der Waals surface area contributed by atoms with Crippen LogP contribution in [0.4, 0.5) is 11.4 Å². The van der Waals surface area contributed by atoms with Crippen molar-refractivity contribution in [3.8, 4) is 5.75 Å². The molecular formula is C18H20N2O3. The van der Waals surface area contributed by atoms with Crippen molar-refractivity contribution >= 4 is 17.3 Å². The molecule has 0 bridgehead atoms. The van der Waals surface area contributed by atoms with E-state index >= 15 is 0 Å². The summed E-state index contributed by atoms with van der Waals surface area (Å²) in [6, 6.07) is 13.3. The van der Waals surface area contributed by atoms with Gasteiger partial charge in [-0.2, -0.15) is 0 Å². The molecule has 0 radical (unpaired) electrons. The maximum absolute atomic E-state index is 11.9. The Bertz CT molecular complexity index is 696. The first-order valence-corrected chi connectivity index (χ1v) is 7.28. The maximum Gasteiger partial charge on any atom is 0.248 e. The van der Waals surface area contributed by atoms with E-state index in [4.69, 9.17) is 5.73 Å². The van der Waals surface area contributed by atoms with Crippen LogP contribution in [-0.4, -0.2) is 16.1 Å². The van der Waals surface area contributed by atoms with Crippen LogP contribution in [0.15, 0.2) is 60.7 Å². The lowest BCUT2D eigenvalue weighted by Gasteiger charge is -2.16. The summed E-state index contributed by atoms with van der Waals surface area (Å²) in [4.78, 5) is 11.9. The van der Waals surface area contributed by atoms with Crippen molar-refractivity contribution in [3.63, 3.8) is 0 Å². The van der Waals surface area contributed by atoms with Crippen molar-refractivity contribution in [2.24, 2.45) is 5.92 Å². The van der Waals surface area contributed by atoms with Gasteiger partial charge in [-0.1, -0.05) is 37.3 Å². The number of hydrogen-bond acceptors (Lipinski definition) is 4.